The SMILES string of the molecule is COc1cccc(NC(=S)N/N=C\c2cccn2Cc2ccccc2F)c1. The highest BCUT2D eigenvalue weighted by atomic mass is 32.1. The largest absolute Gasteiger partial charge is 0.497 e. The van der Waals surface area contributed by atoms with Gasteiger partial charge < -0.3 is 14.6 Å². The first kappa shape index (κ1) is 18.6. The maximum atomic E-state index is 13.8. The van der Waals surface area contributed by atoms with Crippen molar-refractivity contribution in [1.82, 2.24) is 9.99 Å². The van der Waals surface area contributed by atoms with Crippen LogP contribution in [0.5, 0.6) is 5.75 Å². The predicted molar refractivity (Wildman–Crippen MR) is 110 cm³/mol. The van der Waals surface area contributed by atoms with E-state index in [1.807, 2.05) is 53.2 Å². The number of thiocarbonyl (C=S) groups is 1. The minimum atomic E-state index is -0.226. The molecule has 0 spiro atoms. The molecular formula is C20H19FN4OS. The van der Waals surface area contributed by atoms with Crippen LogP contribution >= 0.6 is 12.2 Å². The molecule has 0 radical (unpaired) electrons. The molecule has 3 aromatic rings. The van der Waals surface area contributed by atoms with Crippen LogP contribution in [0.3, 0.4) is 0 Å². The van der Waals surface area contributed by atoms with Crippen molar-refractivity contribution < 1.29 is 9.13 Å². The molecule has 0 saturated heterocycles. The Morgan fingerprint density at radius 2 is 2.04 bits per heavy atom. The molecule has 7 heteroatoms. The third-order valence-corrected chi connectivity index (χ3v) is 4.05. The average Bonchev–Trinajstić information content (AvgIpc) is 3.11. The van der Waals surface area contributed by atoms with Crippen molar-refractivity contribution in [3.63, 3.8) is 0 Å². The molecule has 0 aliphatic rings. The van der Waals surface area contributed by atoms with Gasteiger partial charge in [-0.05, 0) is 42.5 Å². The fourth-order valence-electron chi connectivity index (χ4n) is 2.52. The molecule has 1 heterocycles. The summed E-state index contributed by atoms with van der Waals surface area (Å²) in [6.45, 7) is 0.424. The summed E-state index contributed by atoms with van der Waals surface area (Å²) in [6.07, 6.45) is 3.51. The fourth-order valence-corrected chi connectivity index (χ4v) is 2.69. The summed E-state index contributed by atoms with van der Waals surface area (Å²) < 4.78 is 20.9. The molecule has 0 atom stereocenters. The molecule has 1 aromatic heterocycles. The van der Waals surface area contributed by atoms with Gasteiger partial charge in [0.25, 0.3) is 0 Å². The van der Waals surface area contributed by atoms with E-state index >= 15 is 0 Å². The number of halogens is 1. The molecule has 0 fully saturated rings. The van der Waals surface area contributed by atoms with E-state index in [1.54, 1.807) is 25.5 Å². The van der Waals surface area contributed by atoms with Crippen molar-refractivity contribution in [1.29, 1.82) is 0 Å². The van der Waals surface area contributed by atoms with Gasteiger partial charge >= 0.3 is 0 Å². The first-order chi connectivity index (χ1) is 13.2. The van der Waals surface area contributed by atoms with E-state index in [2.05, 4.69) is 15.8 Å². The van der Waals surface area contributed by atoms with Crippen LogP contribution in [-0.4, -0.2) is 23.0 Å². The van der Waals surface area contributed by atoms with E-state index in [4.69, 9.17) is 17.0 Å². The van der Waals surface area contributed by atoms with Gasteiger partial charge in [-0.25, -0.2) is 4.39 Å². The van der Waals surface area contributed by atoms with Crippen LogP contribution in [0.4, 0.5) is 10.1 Å². The van der Waals surface area contributed by atoms with Crippen molar-refractivity contribution in [2.45, 2.75) is 6.54 Å². The zero-order valence-corrected chi connectivity index (χ0v) is 15.5. The van der Waals surface area contributed by atoms with Crippen molar-refractivity contribution >= 4 is 29.2 Å². The monoisotopic (exact) mass is 382 g/mol. The van der Waals surface area contributed by atoms with E-state index in [9.17, 15) is 4.39 Å². The van der Waals surface area contributed by atoms with Crippen molar-refractivity contribution in [3.8, 4) is 5.75 Å². The van der Waals surface area contributed by atoms with Gasteiger partial charge in [0.05, 0.1) is 25.6 Å². The fraction of sp³-hybridized carbons (Fsp3) is 0.100. The number of methoxy groups -OCH3 is 1. The van der Waals surface area contributed by atoms with E-state index < -0.39 is 0 Å². The number of aromatic nitrogens is 1. The van der Waals surface area contributed by atoms with Gasteiger partial charge in [0.1, 0.15) is 11.6 Å². The topological polar surface area (TPSA) is 50.6 Å². The second-order valence-corrected chi connectivity index (χ2v) is 6.12. The number of anilines is 1. The second kappa shape index (κ2) is 8.95. The van der Waals surface area contributed by atoms with Gasteiger partial charge in [0, 0.05) is 23.5 Å². The van der Waals surface area contributed by atoms with Gasteiger partial charge in [-0.3, -0.25) is 5.43 Å². The second-order valence-electron chi connectivity index (χ2n) is 5.71. The highest BCUT2D eigenvalue weighted by molar-refractivity contribution is 7.80. The molecule has 0 unspecified atom stereocenters. The number of hydrazone groups is 1. The predicted octanol–water partition coefficient (Wildman–Crippen LogP) is 4.00. The number of rotatable bonds is 6. The Morgan fingerprint density at radius 1 is 1.19 bits per heavy atom. The Labute approximate surface area is 162 Å². The number of nitrogens with one attached hydrogen (secondary N) is 2. The number of hydrogen-bond acceptors (Lipinski definition) is 3. The summed E-state index contributed by atoms with van der Waals surface area (Å²) >= 11 is 5.23. The van der Waals surface area contributed by atoms with E-state index in [1.165, 1.54) is 6.07 Å². The van der Waals surface area contributed by atoms with Crippen LogP contribution in [-0.2, 0) is 6.54 Å². The van der Waals surface area contributed by atoms with Crippen LogP contribution in [0.2, 0.25) is 0 Å². The summed E-state index contributed by atoms with van der Waals surface area (Å²) in [7, 11) is 1.61. The van der Waals surface area contributed by atoms with Gasteiger partial charge in [0.15, 0.2) is 5.11 Å². The van der Waals surface area contributed by atoms with Crippen LogP contribution in [0.1, 0.15) is 11.3 Å². The van der Waals surface area contributed by atoms with Gasteiger partial charge in [0.2, 0.25) is 0 Å². The number of ether oxygens (including phenoxy) is 1. The van der Waals surface area contributed by atoms with Crippen molar-refractivity contribution in [2.24, 2.45) is 5.10 Å². The molecule has 0 aliphatic carbocycles. The molecule has 0 amide bonds. The molecule has 5 nitrogen and oxygen atoms in total. The van der Waals surface area contributed by atoms with Crippen molar-refractivity contribution in [2.75, 3.05) is 12.4 Å². The standard InChI is InChI=1S/C20H19FN4OS/c1-26-18-9-4-7-16(12-18)23-20(27)24-22-13-17-8-5-11-25(17)14-15-6-2-3-10-19(15)21/h2-13H,14H2,1H3,(H2,23,24,27)/b22-13-. The smallest absolute Gasteiger partial charge is 0.191 e. The Kier molecular flexibility index (Phi) is 6.17. The highest BCUT2D eigenvalue weighted by Gasteiger charge is 2.04. The van der Waals surface area contributed by atoms with E-state index in [0.29, 0.717) is 17.2 Å². The Hall–Kier alpha value is -3.19. The van der Waals surface area contributed by atoms with Crippen molar-refractivity contribution in [3.05, 3.63) is 83.9 Å². The summed E-state index contributed by atoms with van der Waals surface area (Å²) in [6, 6.07) is 17.9. The normalized spacial score (nSPS) is 10.7. The molecule has 2 N–H and O–H groups in total. The zero-order chi connectivity index (χ0) is 19.1. The summed E-state index contributed by atoms with van der Waals surface area (Å²) in [4.78, 5) is 0. The molecule has 27 heavy (non-hydrogen) atoms. The maximum absolute atomic E-state index is 13.8. The van der Waals surface area contributed by atoms with E-state index in [-0.39, 0.29) is 5.82 Å². The summed E-state index contributed by atoms with van der Waals surface area (Å²) in [5, 5.41) is 7.53. The minimum absolute atomic E-state index is 0.226. The third-order valence-electron chi connectivity index (χ3n) is 3.85. The Morgan fingerprint density at radius 3 is 2.85 bits per heavy atom. The summed E-state index contributed by atoms with van der Waals surface area (Å²) in [5.41, 5.74) is 5.01. The average molecular weight is 382 g/mol. The van der Waals surface area contributed by atoms with Gasteiger partial charge in [-0.15, -0.1) is 0 Å². The van der Waals surface area contributed by atoms with Crippen LogP contribution in [0.25, 0.3) is 0 Å². The first-order valence-electron chi connectivity index (χ1n) is 8.28. The lowest BCUT2D eigenvalue weighted by atomic mass is 10.2. The lowest BCUT2D eigenvalue weighted by Crippen LogP contribution is -2.24. The third kappa shape index (κ3) is 5.15. The molecule has 0 saturated carbocycles. The quantitative estimate of drug-likeness (QED) is 0.384. The van der Waals surface area contributed by atoms with E-state index in [0.717, 1.165) is 17.1 Å². The van der Waals surface area contributed by atoms with Gasteiger partial charge in [-0.2, -0.15) is 5.10 Å². The summed E-state index contributed by atoms with van der Waals surface area (Å²) in [5.74, 6) is 0.508. The van der Waals surface area contributed by atoms with Crippen LogP contribution in [0, 0.1) is 5.82 Å². The lowest BCUT2D eigenvalue weighted by Gasteiger charge is -2.09. The maximum Gasteiger partial charge on any atom is 0.191 e. The molecule has 138 valence electrons. The zero-order valence-electron chi connectivity index (χ0n) is 14.7. The molecular weight excluding hydrogens is 363 g/mol. The Bertz CT molecular complexity index is 954. The number of benzene rings is 2. The molecule has 0 bridgehead atoms. The minimum Gasteiger partial charge on any atom is -0.497 e. The van der Waals surface area contributed by atoms with Gasteiger partial charge in [-0.1, -0.05) is 24.3 Å². The first-order valence-corrected chi connectivity index (χ1v) is 8.69. The highest BCUT2D eigenvalue weighted by Crippen LogP contribution is 2.16. The van der Waals surface area contributed by atoms with Crippen LogP contribution in [0.15, 0.2) is 72.0 Å². The van der Waals surface area contributed by atoms with Crippen LogP contribution < -0.4 is 15.5 Å². The Balaban J connectivity index is 1.59. The number of hydrogen-bond donors (Lipinski definition) is 2. The number of nitrogens with zero attached hydrogens (tertiary/aromatic N) is 2. The molecule has 0 aliphatic heterocycles. The molecule has 2 aromatic carbocycles. The molecule has 3 rings (SSSR count). The lowest BCUT2D eigenvalue weighted by molar-refractivity contribution is 0.415.